The Morgan fingerprint density at radius 3 is 2.73 bits per heavy atom. The highest BCUT2D eigenvalue weighted by Crippen LogP contribution is 2.28. The van der Waals surface area contributed by atoms with Gasteiger partial charge in [-0.05, 0) is 55.5 Å². The molecule has 5 heteroatoms. The molecule has 1 aliphatic rings. The largest absolute Gasteiger partial charge is 0.298 e. The highest BCUT2D eigenvalue weighted by atomic mass is 35.5. The Labute approximate surface area is 139 Å². The number of carbonyl (C=O) groups is 1. The van der Waals surface area contributed by atoms with Gasteiger partial charge in [0.25, 0.3) is 5.91 Å². The van der Waals surface area contributed by atoms with Crippen LogP contribution in [-0.4, -0.2) is 5.91 Å². The van der Waals surface area contributed by atoms with Crippen molar-refractivity contribution in [1.29, 1.82) is 0 Å². The fourth-order valence-corrected chi connectivity index (χ4v) is 4.05. The number of hydrazine groups is 1. The minimum absolute atomic E-state index is 0.0864. The summed E-state index contributed by atoms with van der Waals surface area (Å²) in [5.41, 5.74) is 7.79. The molecule has 2 N–H and O–H groups in total. The molecular weight excluding hydrogens is 316 g/mol. The van der Waals surface area contributed by atoms with Crippen LogP contribution in [0.2, 0.25) is 5.02 Å². The van der Waals surface area contributed by atoms with Gasteiger partial charge in [-0.25, -0.2) is 0 Å². The molecular formula is C17H19ClN2OS. The zero-order chi connectivity index (χ0) is 15.4. The minimum atomic E-state index is -0.0864. The molecule has 0 saturated heterocycles. The van der Waals surface area contributed by atoms with Crippen LogP contribution in [0.4, 0.5) is 5.69 Å². The quantitative estimate of drug-likeness (QED) is 0.790. The predicted octanol–water partition coefficient (Wildman–Crippen LogP) is 4.82. The van der Waals surface area contributed by atoms with Gasteiger partial charge >= 0.3 is 0 Å². The third-order valence-electron chi connectivity index (χ3n) is 3.87. The number of hydrogen-bond donors (Lipinski definition) is 2. The van der Waals surface area contributed by atoms with Gasteiger partial charge in [-0.2, -0.15) is 0 Å². The second-order valence-electron chi connectivity index (χ2n) is 5.56. The van der Waals surface area contributed by atoms with Crippen molar-refractivity contribution in [2.45, 2.75) is 38.5 Å². The molecule has 1 aromatic heterocycles. The zero-order valence-corrected chi connectivity index (χ0v) is 13.9. The van der Waals surface area contributed by atoms with E-state index in [0.29, 0.717) is 5.02 Å². The summed E-state index contributed by atoms with van der Waals surface area (Å²) >= 11 is 7.55. The number of fused-ring (bicyclic) bond motifs is 1. The molecule has 3 rings (SSSR count). The first-order chi connectivity index (χ1) is 10.7. The third kappa shape index (κ3) is 3.81. The number of amides is 1. The van der Waals surface area contributed by atoms with E-state index in [1.165, 1.54) is 36.1 Å². The summed E-state index contributed by atoms with van der Waals surface area (Å²) in [6.45, 7) is 0. The summed E-state index contributed by atoms with van der Waals surface area (Å²) in [4.78, 5) is 14.5. The van der Waals surface area contributed by atoms with Crippen molar-refractivity contribution < 1.29 is 4.79 Å². The van der Waals surface area contributed by atoms with Crippen LogP contribution in [0.1, 0.15) is 45.8 Å². The number of hydrogen-bond acceptors (Lipinski definition) is 3. The van der Waals surface area contributed by atoms with E-state index in [4.69, 9.17) is 11.6 Å². The number of thiophene rings is 1. The Hall–Kier alpha value is -1.52. The second-order valence-corrected chi connectivity index (χ2v) is 7.14. The van der Waals surface area contributed by atoms with Gasteiger partial charge in [0.15, 0.2) is 0 Å². The van der Waals surface area contributed by atoms with Crippen molar-refractivity contribution in [2.75, 3.05) is 5.43 Å². The summed E-state index contributed by atoms with van der Waals surface area (Å²) in [7, 11) is 0. The molecule has 0 saturated carbocycles. The van der Waals surface area contributed by atoms with Crippen molar-refractivity contribution in [3.63, 3.8) is 0 Å². The normalized spacial score (nSPS) is 14.6. The minimum Gasteiger partial charge on any atom is -0.298 e. The van der Waals surface area contributed by atoms with Crippen molar-refractivity contribution in [1.82, 2.24) is 5.43 Å². The average Bonchev–Trinajstić information content (AvgIpc) is 2.87. The van der Waals surface area contributed by atoms with Crippen LogP contribution in [0.25, 0.3) is 0 Å². The van der Waals surface area contributed by atoms with Gasteiger partial charge in [-0.15, -0.1) is 11.3 Å². The van der Waals surface area contributed by atoms with Crippen molar-refractivity contribution in [2.24, 2.45) is 0 Å². The molecule has 22 heavy (non-hydrogen) atoms. The summed E-state index contributed by atoms with van der Waals surface area (Å²) in [6.07, 6.45) is 7.26. The fraction of sp³-hybridized carbons (Fsp3) is 0.353. The molecule has 0 unspecified atom stereocenters. The van der Waals surface area contributed by atoms with E-state index in [0.717, 1.165) is 23.4 Å². The van der Waals surface area contributed by atoms with Crippen molar-refractivity contribution >= 4 is 34.5 Å². The van der Waals surface area contributed by atoms with Crippen LogP contribution < -0.4 is 10.9 Å². The summed E-state index contributed by atoms with van der Waals surface area (Å²) in [5.74, 6) is -0.0864. The van der Waals surface area contributed by atoms with Gasteiger partial charge in [0, 0.05) is 9.90 Å². The Kier molecular flexibility index (Phi) is 5.01. The molecule has 0 spiro atoms. The molecule has 3 nitrogen and oxygen atoms in total. The molecule has 116 valence electrons. The molecule has 0 bridgehead atoms. The maximum Gasteiger partial charge on any atom is 0.279 e. The summed E-state index contributed by atoms with van der Waals surface area (Å²) in [5, 5.41) is 0.637. The maximum atomic E-state index is 12.3. The summed E-state index contributed by atoms with van der Waals surface area (Å²) < 4.78 is 0. The highest BCUT2D eigenvalue weighted by Gasteiger charge is 2.15. The number of anilines is 1. The highest BCUT2D eigenvalue weighted by molar-refractivity contribution is 7.14. The lowest BCUT2D eigenvalue weighted by Gasteiger charge is -2.07. The van der Waals surface area contributed by atoms with E-state index in [1.54, 1.807) is 23.5 Å². The standard InChI is InChI=1S/C17H19ClN2OS/c18-13-7-5-8-14(11-13)19-20-17(21)16-10-12-6-3-1-2-4-9-15(12)22-16/h5,7-8,10-11,19H,1-4,6,9H2,(H,20,21). The molecule has 0 fully saturated rings. The fourth-order valence-electron chi connectivity index (χ4n) is 2.71. The Morgan fingerprint density at radius 1 is 1.09 bits per heavy atom. The van der Waals surface area contributed by atoms with Crippen LogP contribution in [0.5, 0.6) is 0 Å². The Morgan fingerprint density at radius 2 is 1.91 bits per heavy atom. The van der Waals surface area contributed by atoms with Crippen LogP contribution in [-0.2, 0) is 12.8 Å². The smallest absolute Gasteiger partial charge is 0.279 e. The van der Waals surface area contributed by atoms with Gasteiger partial charge in [0.2, 0.25) is 0 Å². The number of aryl methyl sites for hydroxylation is 2. The molecule has 1 heterocycles. The first-order valence-corrected chi connectivity index (χ1v) is 8.85. The van der Waals surface area contributed by atoms with Gasteiger partial charge < -0.3 is 0 Å². The van der Waals surface area contributed by atoms with E-state index in [9.17, 15) is 4.79 Å². The molecule has 0 aliphatic heterocycles. The van der Waals surface area contributed by atoms with Crippen LogP contribution in [0.3, 0.4) is 0 Å². The lowest BCUT2D eigenvalue weighted by molar-refractivity contribution is 0.0966. The number of benzene rings is 1. The van der Waals surface area contributed by atoms with Gasteiger partial charge in [0.05, 0.1) is 10.6 Å². The monoisotopic (exact) mass is 334 g/mol. The molecule has 2 aromatic rings. The molecule has 1 aliphatic carbocycles. The predicted molar refractivity (Wildman–Crippen MR) is 92.7 cm³/mol. The molecule has 1 aromatic carbocycles. The van der Waals surface area contributed by atoms with Crippen molar-refractivity contribution in [3.05, 3.63) is 50.7 Å². The first-order valence-electron chi connectivity index (χ1n) is 7.66. The van der Waals surface area contributed by atoms with E-state index in [1.807, 2.05) is 12.1 Å². The first kappa shape index (κ1) is 15.4. The van der Waals surface area contributed by atoms with Crippen LogP contribution in [0, 0.1) is 0 Å². The van der Waals surface area contributed by atoms with Crippen molar-refractivity contribution in [3.8, 4) is 0 Å². The average molecular weight is 335 g/mol. The van der Waals surface area contributed by atoms with Crippen LogP contribution in [0.15, 0.2) is 30.3 Å². The number of carbonyl (C=O) groups excluding carboxylic acids is 1. The van der Waals surface area contributed by atoms with Gasteiger partial charge in [-0.1, -0.05) is 30.5 Å². The number of nitrogens with one attached hydrogen (secondary N) is 2. The van der Waals surface area contributed by atoms with E-state index >= 15 is 0 Å². The van der Waals surface area contributed by atoms with Gasteiger partial charge in [-0.3, -0.25) is 15.6 Å². The lowest BCUT2D eigenvalue weighted by atomic mass is 10.00. The third-order valence-corrected chi connectivity index (χ3v) is 5.34. The second kappa shape index (κ2) is 7.16. The SMILES string of the molecule is O=C(NNc1cccc(Cl)c1)c1cc2c(s1)CCCCCC2. The zero-order valence-electron chi connectivity index (χ0n) is 12.3. The number of rotatable bonds is 3. The van der Waals surface area contributed by atoms with Gasteiger partial charge in [0.1, 0.15) is 0 Å². The number of halogens is 1. The molecule has 0 radical (unpaired) electrons. The molecule has 0 atom stereocenters. The van der Waals surface area contributed by atoms with E-state index < -0.39 is 0 Å². The Bertz CT molecular complexity index is 643. The van der Waals surface area contributed by atoms with Crippen LogP contribution >= 0.6 is 22.9 Å². The topological polar surface area (TPSA) is 41.1 Å². The Balaban J connectivity index is 1.66. The van der Waals surface area contributed by atoms with E-state index in [2.05, 4.69) is 16.9 Å². The maximum absolute atomic E-state index is 12.3. The van der Waals surface area contributed by atoms with E-state index in [-0.39, 0.29) is 5.91 Å². The summed E-state index contributed by atoms with van der Waals surface area (Å²) in [6, 6.07) is 9.33. The molecule has 1 amide bonds. The lowest BCUT2D eigenvalue weighted by Crippen LogP contribution is -2.28.